The Balaban J connectivity index is 4.41. The Morgan fingerprint density at radius 2 is 1.93 bits per heavy atom. The van der Waals surface area contributed by atoms with Crippen molar-refractivity contribution in [3.8, 4) is 0 Å². The minimum absolute atomic E-state index is 0.188. The van der Waals surface area contributed by atoms with Crippen LogP contribution in [0.4, 0.5) is 0 Å². The fourth-order valence-corrected chi connectivity index (χ4v) is 1.14. The molecule has 1 atom stereocenters. The van der Waals surface area contributed by atoms with Gasteiger partial charge in [0.2, 0.25) is 9.70 Å². The Morgan fingerprint density at radius 3 is 2.21 bits per heavy atom. The first-order valence-corrected chi connectivity index (χ1v) is 4.81. The van der Waals surface area contributed by atoms with Crippen molar-refractivity contribution in [2.75, 3.05) is 7.11 Å². The zero-order chi connectivity index (χ0) is 11.4. The molecule has 14 heavy (non-hydrogen) atoms. The lowest BCUT2D eigenvalue weighted by Gasteiger charge is -2.23. The van der Waals surface area contributed by atoms with Crippen molar-refractivity contribution < 1.29 is 14.3 Å². The molecule has 0 aliphatic heterocycles. The molecule has 0 spiro atoms. The van der Waals surface area contributed by atoms with E-state index in [1.807, 2.05) is 0 Å². The lowest BCUT2D eigenvalue weighted by atomic mass is 10.2. The van der Waals surface area contributed by atoms with Crippen LogP contribution in [0, 0.1) is 0 Å². The Morgan fingerprint density at radius 1 is 1.43 bits per heavy atom. The molecule has 82 valence electrons. The summed E-state index contributed by atoms with van der Waals surface area (Å²) in [5.74, 6) is -0.944. The van der Waals surface area contributed by atoms with Gasteiger partial charge in [0.05, 0.1) is 19.6 Å². The maximum Gasteiger partial charge on any atom is 0.307 e. The van der Waals surface area contributed by atoms with Crippen LogP contribution in [0.3, 0.4) is 0 Å². The highest BCUT2D eigenvalue weighted by Gasteiger charge is 2.35. The van der Waals surface area contributed by atoms with E-state index in [1.54, 1.807) is 0 Å². The normalized spacial score (nSPS) is 13.2. The fraction of sp³-hybridized carbons (Fsp3) is 0.714. The van der Waals surface area contributed by atoms with Crippen molar-refractivity contribution in [3.63, 3.8) is 0 Å². The van der Waals surface area contributed by atoms with E-state index in [0.29, 0.717) is 0 Å². The number of alkyl halides is 3. The molecule has 1 amide bonds. The van der Waals surface area contributed by atoms with Crippen molar-refractivity contribution in [1.82, 2.24) is 5.32 Å². The molecule has 0 aromatic carbocycles. The smallest absolute Gasteiger partial charge is 0.307 e. The Kier molecular flexibility index (Phi) is 5.56. The molecule has 0 rings (SSSR count). The Hall–Kier alpha value is -0.190. The van der Waals surface area contributed by atoms with Gasteiger partial charge in [0.15, 0.2) is 0 Å². The first-order valence-electron chi connectivity index (χ1n) is 3.68. The molecule has 7 heteroatoms. The Labute approximate surface area is 96.8 Å². The summed E-state index contributed by atoms with van der Waals surface area (Å²) in [6.07, 6.45) is -0.188. The molecule has 0 aromatic rings. The van der Waals surface area contributed by atoms with Gasteiger partial charge in [-0.25, -0.2) is 0 Å². The number of hydrogen-bond acceptors (Lipinski definition) is 3. The fourth-order valence-electron chi connectivity index (χ4n) is 0.744. The van der Waals surface area contributed by atoms with Crippen LogP contribution in [0.1, 0.15) is 13.3 Å². The number of rotatable bonds is 3. The maximum absolute atomic E-state index is 10.9. The van der Waals surface area contributed by atoms with Crippen molar-refractivity contribution in [2.45, 2.75) is 23.2 Å². The predicted octanol–water partition coefficient (Wildman–Crippen LogP) is 1.42. The first-order chi connectivity index (χ1) is 6.27. The van der Waals surface area contributed by atoms with E-state index in [4.69, 9.17) is 34.8 Å². The summed E-state index contributed by atoms with van der Waals surface area (Å²) in [5, 5.41) is 2.35. The molecule has 1 N–H and O–H groups in total. The van der Waals surface area contributed by atoms with Crippen molar-refractivity contribution in [3.05, 3.63) is 0 Å². The van der Waals surface area contributed by atoms with Crippen LogP contribution in [0.5, 0.6) is 0 Å². The third-order valence-corrected chi connectivity index (χ3v) is 2.16. The second kappa shape index (κ2) is 5.63. The van der Waals surface area contributed by atoms with Gasteiger partial charge < -0.3 is 10.1 Å². The number of amides is 1. The predicted molar refractivity (Wildman–Crippen MR) is 54.5 cm³/mol. The third kappa shape index (κ3) is 5.52. The van der Waals surface area contributed by atoms with E-state index >= 15 is 0 Å². The zero-order valence-electron chi connectivity index (χ0n) is 7.64. The average Bonchev–Trinajstić information content (AvgIpc) is 2.00. The average molecular weight is 263 g/mol. The quantitative estimate of drug-likeness (QED) is 0.618. The highest BCUT2D eigenvalue weighted by Crippen LogP contribution is 2.32. The van der Waals surface area contributed by atoms with Gasteiger partial charge in [-0.1, -0.05) is 34.8 Å². The number of esters is 1. The van der Waals surface area contributed by atoms with Gasteiger partial charge in [0.25, 0.3) is 0 Å². The highest BCUT2D eigenvalue weighted by atomic mass is 35.6. The van der Waals surface area contributed by atoms with Gasteiger partial charge in [-0.2, -0.15) is 0 Å². The highest BCUT2D eigenvalue weighted by molar-refractivity contribution is 6.68. The molecular weight excluding hydrogens is 252 g/mol. The van der Waals surface area contributed by atoms with Crippen LogP contribution < -0.4 is 5.32 Å². The van der Waals surface area contributed by atoms with Crippen LogP contribution in [-0.2, 0) is 14.3 Å². The third-order valence-electron chi connectivity index (χ3n) is 1.37. The van der Waals surface area contributed by atoms with Gasteiger partial charge in [-0.15, -0.1) is 0 Å². The molecule has 0 saturated carbocycles. The number of halogens is 3. The Bertz CT molecular complexity index is 227. The zero-order valence-corrected chi connectivity index (χ0v) is 9.91. The van der Waals surface area contributed by atoms with Crippen LogP contribution in [-0.4, -0.2) is 28.8 Å². The lowest BCUT2D eigenvalue weighted by Crippen LogP contribution is -2.44. The molecule has 0 unspecified atom stereocenters. The van der Waals surface area contributed by atoms with Gasteiger partial charge in [0, 0.05) is 6.92 Å². The topological polar surface area (TPSA) is 55.4 Å². The summed E-state index contributed by atoms with van der Waals surface area (Å²) in [6.45, 7) is 1.26. The number of nitrogens with one attached hydrogen (secondary N) is 1. The molecule has 0 aromatic heterocycles. The number of methoxy groups -OCH3 is 1. The van der Waals surface area contributed by atoms with E-state index in [2.05, 4.69) is 10.1 Å². The maximum atomic E-state index is 10.9. The largest absolute Gasteiger partial charge is 0.469 e. The molecule has 0 bridgehead atoms. The van der Waals surface area contributed by atoms with Crippen molar-refractivity contribution in [1.29, 1.82) is 0 Å². The molecule has 0 aliphatic rings. The summed E-state index contributed by atoms with van der Waals surface area (Å²) in [6, 6.07) is -0.891. The molecule has 0 radical (unpaired) electrons. The monoisotopic (exact) mass is 261 g/mol. The summed E-state index contributed by atoms with van der Waals surface area (Å²) >= 11 is 16.7. The van der Waals surface area contributed by atoms with E-state index < -0.39 is 15.8 Å². The minimum Gasteiger partial charge on any atom is -0.469 e. The standard InChI is InChI=1S/C7H10Cl3NO3/c1-4(12)11-5(7(8,9)10)3-6(13)14-2/h5H,3H2,1-2H3,(H,11,12)/t5-/m0/s1. The molecule has 4 nitrogen and oxygen atoms in total. The molecular formula is C7H10Cl3NO3. The number of carbonyl (C=O) groups is 2. The van der Waals surface area contributed by atoms with Crippen molar-refractivity contribution in [2.24, 2.45) is 0 Å². The van der Waals surface area contributed by atoms with Crippen LogP contribution >= 0.6 is 34.8 Å². The van der Waals surface area contributed by atoms with Gasteiger partial charge in [-0.3, -0.25) is 9.59 Å². The number of carbonyl (C=O) groups excluding carboxylic acids is 2. The number of hydrogen-bond donors (Lipinski definition) is 1. The van der Waals surface area contributed by atoms with Crippen LogP contribution in [0.2, 0.25) is 0 Å². The molecule has 0 fully saturated rings. The van der Waals surface area contributed by atoms with E-state index in [0.717, 1.165) is 0 Å². The van der Waals surface area contributed by atoms with Crippen molar-refractivity contribution >= 4 is 46.7 Å². The minimum atomic E-state index is -1.74. The van der Waals surface area contributed by atoms with Crippen LogP contribution in [0.15, 0.2) is 0 Å². The van der Waals surface area contributed by atoms with Gasteiger partial charge in [-0.05, 0) is 0 Å². The van der Waals surface area contributed by atoms with Crippen LogP contribution in [0.25, 0.3) is 0 Å². The SMILES string of the molecule is COC(=O)C[C@H](NC(C)=O)C(Cl)(Cl)Cl. The molecule has 0 aliphatic carbocycles. The summed E-state index contributed by atoms with van der Waals surface area (Å²) in [4.78, 5) is 21.6. The van der Waals surface area contributed by atoms with E-state index in [9.17, 15) is 9.59 Å². The van der Waals surface area contributed by atoms with Gasteiger partial charge in [0.1, 0.15) is 0 Å². The molecule has 0 saturated heterocycles. The number of ether oxygens (including phenoxy) is 1. The second-order valence-electron chi connectivity index (χ2n) is 2.57. The summed E-state index contributed by atoms with van der Waals surface area (Å²) in [5.41, 5.74) is 0. The van der Waals surface area contributed by atoms with E-state index in [-0.39, 0.29) is 12.3 Å². The summed E-state index contributed by atoms with van der Waals surface area (Å²) in [7, 11) is 1.21. The second-order valence-corrected chi connectivity index (χ2v) is 4.94. The first kappa shape index (κ1) is 13.8. The lowest BCUT2D eigenvalue weighted by molar-refractivity contribution is -0.141. The van der Waals surface area contributed by atoms with Gasteiger partial charge >= 0.3 is 5.97 Å². The molecule has 0 heterocycles. The van der Waals surface area contributed by atoms with E-state index in [1.165, 1.54) is 14.0 Å². The summed E-state index contributed by atoms with van der Waals surface area (Å²) < 4.78 is 2.66.